The Labute approximate surface area is 96.8 Å². The molecule has 0 unspecified atom stereocenters. The molecule has 0 radical (unpaired) electrons. The number of rotatable bonds is 3. The molecule has 1 aromatic rings. The van der Waals surface area contributed by atoms with E-state index in [1.807, 2.05) is 4.68 Å². The van der Waals surface area contributed by atoms with Gasteiger partial charge in [-0.2, -0.15) is 5.10 Å². The molecule has 1 fully saturated rings. The first-order chi connectivity index (χ1) is 7.74. The molecule has 1 aliphatic rings. The van der Waals surface area contributed by atoms with Crippen LogP contribution in [-0.4, -0.2) is 16.1 Å². The molecule has 1 aliphatic carbocycles. The highest BCUT2D eigenvalue weighted by Gasteiger charge is 2.23. The van der Waals surface area contributed by atoms with Crippen molar-refractivity contribution in [1.82, 2.24) is 9.78 Å². The van der Waals surface area contributed by atoms with Crippen LogP contribution in [0.15, 0.2) is 6.20 Å². The van der Waals surface area contributed by atoms with Crippen molar-refractivity contribution >= 4 is 6.29 Å². The lowest BCUT2D eigenvalue weighted by Gasteiger charge is -2.24. The van der Waals surface area contributed by atoms with Gasteiger partial charge >= 0.3 is 0 Å². The molecule has 3 heteroatoms. The molecule has 0 aromatic carbocycles. The fourth-order valence-corrected chi connectivity index (χ4v) is 2.69. The summed E-state index contributed by atoms with van der Waals surface area (Å²) in [5.41, 5.74) is 1.96. The third-order valence-electron chi connectivity index (χ3n) is 3.47. The quantitative estimate of drug-likeness (QED) is 0.732. The van der Waals surface area contributed by atoms with Crippen molar-refractivity contribution in [3.63, 3.8) is 0 Å². The van der Waals surface area contributed by atoms with E-state index in [1.165, 1.54) is 37.8 Å². The fraction of sp³-hybridized carbons (Fsp3) is 0.692. The molecule has 0 saturated heterocycles. The molecule has 0 bridgehead atoms. The van der Waals surface area contributed by atoms with Crippen LogP contribution < -0.4 is 0 Å². The van der Waals surface area contributed by atoms with Crippen LogP contribution in [0.5, 0.6) is 0 Å². The van der Waals surface area contributed by atoms with Crippen LogP contribution in [-0.2, 0) is 0 Å². The molecule has 0 amide bonds. The first-order valence-electron chi connectivity index (χ1n) is 6.26. The van der Waals surface area contributed by atoms with Crippen molar-refractivity contribution in [2.24, 2.45) is 0 Å². The maximum atomic E-state index is 11.1. The van der Waals surface area contributed by atoms with Gasteiger partial charge in [0.2, 0.25) is 0 Å². The maximum Gasteiger partial charge on any atom is 0.153 e. The lowest BCUT2D eigenvalue weighted by Crippen LogP contribution is -2.15. The van der Waals surface area contributed by atoms with E-state index in [1.54, 1.807) is 6.20 Å². The Hall–Kier alpha value is -1.12. The Balaban J connectivity index is 2.34. The largest absolute Gasteiger partial charge is 0.298 e. The summed E-state index contributed by atoms with van der Waals surface area (Å²) in [5, 5.41) is 4.35. The first kappa shape index (κ1) is 11.4. The van der Waals surface area contributed by atoms with Gasteiger partial charge in [0.25, 0.3) is 0 Å². The minimum absolute atomic E-state index is 0.339. The Morgan fingerprint density at radius 1 is 1.38 bits per heavy atom. The number of hydrogen-bond donors (Lipinski definition) is 0. The van der Waals surface area contributed by atoms with Gasteiger partial charge in [-0.05, 0) is 26.7 Å². The van der Waals surface area contributed by atoms with E-state index < -0.39 is 0 Å². The van der Waals surface area contributed by atoms with Crippen molar-refractivity contribution in [1.29, 1.82) is 0 Å². The van der Waals surface area contributed by atoms with Gasteiger partial charge in [-0.25, -0.2) is 0 Å². The Morgan fingerprint density at radius 3 is 2.62 bits per heavy atom. The van der Waals surface area contributed by atoms with Crippen molar-refractivity contribution in [2.45, 2.75) is 57.9 Å². The highest BCUT2D eigenvalue weighted by atomic mass is 16.1. The number of hydrogen-bond acceptors (Lipinski definition) is 2. The van der Waals surface area contributed by atoms with Gasteiger partial charge < -0.3 is 0 Å². The second kappa shape index (κ2) is 4.81. The summed E-state index contributed by atoms with van der Waals surface area (Å²) in [4.78, 5) is 11.1. The normalized spacial score (nSPS) is 17.9. The van der Waals surface area contributed by atoms with Crippen molar-refractivity contribution < 1.29 is 4.79 Å². The van der Waals surface area contributed by atoms with Crippen molar-refractivity contribution in [3.8, 4) is 0 Å². The lowest BCUT2D eigenvalue weighted by molar-refractivity contribution is 0.112. The summed E-state index contributed by atoms with van der Waals surface area (Å²) < 4.78 is 2.03. The minimum Gasteiger partial charge on any atom is -0.298 e. The van der Waals surface area contributed by atoms with E-state index in [4.69, 9.17) is 0 Å². The Kier molecular flexibility index (Phi) is 3.42. The summed E-state index contributed by atoms with van der Waals surface area (Å²) in [6, 6.07) is 0.339. The third kappa shape index (κ3) is 2.04. The van der Waals surface area contributed by atoms with E-state index in [9.17, 15) is 4.79 Å². The highest BCUT2D eigenvalue weighted by Crippen LogP contribution is 2.34. The topological polar surface area (TPSA) is 34.9 Å². The van der Waals surface area contributed by atoms with Gasteiger partial charge in [0.1, 0.15) is 0 Å². The van der Waals surface area contributed by atoms with E-state index in [0.717, 1.165) is 11.8 Å². The first-order valence-corrected chi connectivity index (χ1v) is 6.26. The lowest BCUT2D eigenvalue weighted by atomic mass is 9.85. The predicted molar refractivity (Wildman–Crippen MR) is 63.8 cm³/mol. The number of carbonyl (C=O) groups is 1. The van der Waals surface area contributed by atoms with Gasteiger partial charge in [0.15, 0.2) is 6.29 Å². The summed E-state index contributed by atoms with van der Waals surface area (Å²) in [7, 11) is 0. The van der Waals surface area contributed by atoms with E-state index in [-0.39, 0.29) is 0 Å². The molecular weight excluding hydrogens is 200 g/mol. The number of carbonyl (C=O) groups excluding carboxylic acids is 1. The van der Waals surface area contributed by atoms with Crippen LogP contribution >= 0.6 is 0 Å². The molecule has 88 valence electrons. The molecule has 1 heterocycles. The summed E-state index contributed by atoms with van der Waals surface area (Å²) in [5.74, 6) is 0.541. The zero-order chi connectivity index (χ0) is 11.5. The van der Waals surface area contributed by atoms with E-state index in [0.29, 0.717) is 12.0 Å². The molecule has 0 spiro atoms. The Bertz CT molecular complexity index is 362. The molecular formula is C13H20N2O. The molecule has 1 aromatic heterocycles. The molecule has 1 saturated carbocycles. The zero-order valence-corrected chi connectivity index (χ0v) is 10.1. The van der Waals surface area contributed by atoms with Crippen LogP contribution in [0.3, 0.4) is 0 Å². The molecule has 2 rings (SSSR count). The molecule has 0 atom stereocenters. The SMILES string of the molecule is CC(C)n1ncc(C=O)c1C1CCCCC1. The van der Waals surface area contributed by atoms with Gasteiger partial charge in [-0.3, -0.25) is 9.48 Å². The highest BCUT2D eigenvalue weighted by molar-refractivity contribution is 5.76. The minimum atomic E-state index is 0.339. The number of aldehydes is 1. The summed E-state index contributed by atoms with van der Waals surface area (Å²) in [6.45, 7) is 4.24. The molecule has 0 N–H and O–H groups in total. The molecule has 16 heavy (non-hydrogen) atoms. The van der Waals surface area contributed by atoms with Gasteiger partial charge in [0, 0.05) is 12.0 Å². The second-order valence-electron chi connectivity index (χ2n) is 4.98. The van der Waals surface area contributed by atoms with Crippen molar-refractivity contribution in [2.75, 3.05) is 0 Å². The van der Waals surface area contributed by atoms with Crippen LogP contribution in [0.4, 0.5) is 0 Å². The van der Waals surface area contributed by atoms with E-state index in [2.05, 4.69) is 18.9 Å². The van der Waals surface area contributed by atoms with Gasteiger partial charge in [-0.1, -0.05) is 19.3 Å². The summed E-state index contributed by atoms with van der Waals surface area (Å²) >= 11 is 0. The Morgan fingerprint density at radius 2 is 2.06 bits per heavy atom. The fourth-order valence-electron chi connectivity index (χ4n) is 2.69. The van der Waals surface area contributed by atoms with Crippen LogP contribution in [0, 0.1) is 0 Å². The smallest absolute Gasteiger partial charge is 0.153 e. The predicted octanol–water partition coefficient (Wildman–Crippen LogP) is 3.32. The van der Waals surface area contributed by atoms with Gasteiger partial charge in [0.05, 0.1) is 17.5 Å². The van der Waals surface area contributed by atoms with Crippen LogP contribution in [0.2, 0.25) is 0 Å². The van der Waals surface area contributed by atoms with E-state index >= 15 is 0 Å². The standard InChI is InChI=1S/C13H20N2O/c1-10(2)15-13(12(9-16)8-14-15)11-6-4-3-5-7-11/h8-11H,3-7H2,1-2H3. The maximum absolute atomic E-state index is 11.1. The molecule has 0 aliphatic heterocycles. The summed E-state index contributed by atoms with van der Waals surface area (Å²) in [6.07, 6.45) is 8.99. The average molecular weight is 220 g/mol. The second-order valence-corrected chi connectivity index (χ2v) is 4.98. The zero-order valence-electron chi connectivity index (χ0n) is 10.1. The third-order valence-corrected chi connectivity index (χ3v) is 3.47. The van der Waals surface area contributed by atoms with Crippen molar-refractivity contribution in [3.05, 3.63) is 17.5 Å². The monoisotopic (exact) mass is 220 g/mol. The number of nitrogens with zero attached hydrogens (tertiary/aromatic N) is 2. The van der Waals surface area contributed by atoms with Crippen LogP contribution in [0.25, 0.3) is 0 Å². The molecule has 3 nitrogen and oxygen atoms in total. The number of aromatic nitrogens is 2. The van der Waals surface area contributed by atoms with Gasteiger partial charge in [-0.15, -0.1) is 0 Å². The van der Waals surface area contributed by atoms with Crippen LogP contribution in [0.1, 0.15) is 74.0 Å². The average Bonchev–Trinajstić information content (AvgIpc) is 2.73.